The fourth-order valence-corrected chi connectivity index (χ4v) is 6.48. The molecule has 0 saturated heterocycles. The molecule has 18 nitrogen and oxygen atoms in total. The van der Waals surface area contributed by atoms with E-state index in [9.17, 15) is 19.8 Å². The van der Waals surface area contributed by atoms with Crippen LogP contribution in [0.3, 0.4) is 0 Å². The predicted octanol–water partition coefficient (Wildman–Crippen LogP) is 2.38. The van der Waals surface area contributed by atoms with E-state index >= 15 is 0 Å². The number of aliphatic hydroxyl groups excluding tert-OH is 2. The SMILES string of the molecule is O=C1NCCCc2cncc(c2)-c2ncnc(n2)Nc2cccc(c2)CN[C@H]1CO.O=C1NCCCc2cncc(c2)-c2ncnc(n2)Nc2cccc(c2)CN[C@H]1CO. The van der Waals surface area contributed by atoms with Crippen molar-refractivity contribution in [3.05, 3.63) is 120 Å². The smallest absolute Gasteiger partial charge is 0.239 e. The maximum Gasteiger partial charge on any atom is 0.239 e. The zero-order chi connectivity index (χ0) is 41.5. The average Bonchev–Trinajstić information content (AvgIpc) is 3.27. The van der Waals surface area contributed by atoms with Crippen molar-refractivity contribution in [1.29, 1.82) is 0 Å². The van der Waals surface area contributed by atoms with Gasteiger partial charge >= 0.3 is 0 Å². The second-order valence-corrected chi connectivity index (χ2v) is 14.1. The topological polar surface area (TPSA) is 250 Å². The minimum absolute atomic E-state index is 0.215. The number of nitrogens with zero attached hydrogens (tertiary/aromatic N) is 8. The van der Waals surface area contributed by atoms with Crippen molar-refractivity contribution >= 4 is 35.1 Å². The number of pyridine rings is 2. The van der Waals surface area contributed by atoms with Gasteiger partial charge in [-0.25, -0.2) is 19.9 Å². The molecule has 2 aliphatic rings. The molecule has 6 aromatic rings. The van der Waals surface area contributed by atoms with Crippen LogP contribution in [0.4, 0.5) is 23.3 Å². The Morgan fingerprint density at radius 3 is 1.48 bits per heavy atom. The molecule has 2 amide bonds. The van der Waals surface area contributed by atoms with Gasteiger partial charge in [0.25, 0.3) is 0 Å². The third-order valence-electron chi connectivity index (χ3n) is 9.60. The van der Waals surface area contributed by atoms with Gasteiger partial charge in [-0.3, -0.25) is 30.2 Å². The van der Waals surface area contributed by atoms with Gasteiger partial charge in [0.1, 0.15) is 24.7 Å². The fourth-order valence-electron chi connectivity index (χ4n) is 6.48. The Labute approximate surface area is 346 Å². The molecule has 2 atom stereocenters. The van der Waals surface area contributed by atoms with E-state index in [1.165, 1.54) is 12.7 Å². The molecule has 8 N–H and O–H groups in total. The summed E-state index contributed by atoms with van der Waals surface area (Å²) in [7, 11) is 0. The Hall–Kier alpha value is -6.86. The lowest BCUT2D eigenvalue weighted by Gasteiger charge is -2.17. The maximum absolute atomic E-state index is 12.4. The molecule has 12 bridgehead atoms. The molecule has 0 aliphatic carbocycles. The van der Waals surface area contributed by atoms with Gasteiger partial charge in [-0.1, -0.05) is 24.3 Å². The Kier molecular flexibility index (Phi) is 14.3. The van der Waals surface area contributed by atoms with Crippen LogP contribution < -0.4 is 31.9 Å². The van der Waals surface area contributed by atoms with Crippen LogP contribution in [-0.4, -0.2) is 100 Å². The van der Waals surface area contributed by atoms with E-state index in [0.717, 1.165) is 70.4 Å². The highest BCUT2D eigenvalue weighted by Crippen LogP contribution is 2.21. The van der Waals surface area contributed by atoms with Crippen molar-refractivity contribution < 1.29 is 19.8 Å². The standard InChI is InChI=1S/2C21H23N7O2/c2*29-12-18-20(30)23-6-2-4-14-7-16(11-22-9-14)19-25-13-26-21(28-19)27-17-5-1-3-15(8-17)10-24-18/h2*1,3,5,7-9,11,13,18,24,29H,2,4,6,10,12H2,(H,23,30)(H,25,26,27,28)/t2*18-/m00/s1. The van der Waals surface area contributed by atoms with Crippen molar-refractivity contribution in [2.24, 2.45) is 0 Å². The van der Waals surface area contributed by atoms with Crippen molar-refractivity contribution in [1.82, 2.24) is 61.1 Å². The molecule has 308 valence electrons. The summed E-state index contributed by atoms with van der Waals surface area (Å²) in [5, 5.41) is 37.5. The first kappa shape index (κ1) is 41.3. The number of fused-ring (bicyclic) bond motifs is 14. The molecule has 4 aromatic heterocycles. The van der Waals surface area contributed by atoms with E-state index in [2.05, 4.69) is 71.8 Å². The summed E-state index contributed by atoms with van der Waals surface area (Å²) in [6, 6.07) is 18.0. The molecule has 0 unspecified atom stereocenters. The molecule has 0 spiro atoms. The van der Waals surface area contributed by atoms with Gasteiger partial charge in [0.2, 0.25) is 23.7 Å². The van der Waals surface area contributed by atoms with Crippen molar-refractivity contribution in [2.75, 3.05) is 36.9 Å². The predicted molar refractivity (Wildman–Crippen MR) is 224 cm³/mol. The van der Waals surface area contributed by atoms with Crippen LogP contribution in [-0.2, 0) is 35.5 Å². The molecule has 0 radical (unpaired) electrons. The number of benzene rings is 2. The molecule has 60 heavy (non-hydrogen) atoms. The maximum atomic E-state index is 12.4. The summed E-state index contributed by atoms with van der Waals surface area (Å²) in [4.78, 5) is 59.4. The number of aromatic nitrogens is 8. The van der Waals surface area contributed by atoms with Crippen LogP contribution in [0.5, 0.6) is 0 Å². The van der Waals surface area contributed by atoms with E-state index in [1.54, 1.807) is 24.8 Å². The summed E-state index contributed by atoms with van der Waals surface area (Å²) in [5.74, 6) is 1.52. The van der Waals surface area contributed by atoms with Crippen LogP contribution in [0.25, 0.3) is 22.8 Å². The van der Waals surface area contributed by atoms with E-state index in [-0.39, 0.29) is 25.0 Å². The van der Waals surface area contributed by atoms with Crippen LogP contribution >= 0.6 is 0 Å². The molecule has 8 rings (SSSR count). The molecular formula is C42H46N14O4. The molecule has 0 fully saturated rings. The molecular weight excluding hydrogens is 765 g/mol. The lowest BCUT2D eigenvalue weighted by Crippen LogP contribution is -2.46. The lowest BCUT2D eigenvalue weighted by molar-refractivity contribution is -0.124. The van der Waals surface area contributed by atoms with Gasteiger partial charge < -0.3 is 31.5 Å². The number of hydrogen-bond donors (Lipinski definition) is 8. The Morgan fingerprint density at radius 1 is 0.567 bits per heavy atom. The molecule has 18 heteroatoms. The largest absolute Gasteiger partial charge is 0.394 e. The highest BCUT2D eigenvalue weighted by atomic mass is 16.3. The first-order chi connectivity index (χ1) is 29.4. The van der Waals surface area contributed by atoms with Gasteiger partial charge in [0.05, 0.1) is 13.2 Å². The van der Waals surface area contributed by atoms with Gasteiger partial charge in [-0.05, 0) is 84.3 Å². The third-order valence-corrected chi connectivity index (χ3v) is 9.60. The van der Waals surface area contributed by atoms with Gasteiger partial charge in [-0.2, -0.15) is 9.97 Å². The average molecular weight is 811 g/mol. The van der Waals surface area contributed by atoms with Crippen LogP contribution in [0.15, 0.2) is 98.1 Å². The van der Waals surface area contributed by atoms with Crippen molar-refractivity contribution in [3.63, 3.8) is 0 Å². The summed E-state index contributed by atoms with van der Waals surface area (Å²) >= 11 is 0. The second-order valence-electron chi connectivity index (χ2n) is 14.1. The van der Waals surface area contributed by atoms with Gasteiger partial charge in [0.15, 0.2) is 11.6 Å². The summed E-state index contributed by atoms with van der Waals surface area (Å²) in [5.41, 5.74) is 7.21. The Bertz CT molecular complexity index is 2220. The number of rotatable bonds is 2. The highest BCUT2D eigenvalue weighted by molar-refractivity contribution is 5.82. The van der Waals surface area contributed by atoms with E-state index in [0.29, 0.717) is 49.7 Å². The minimum Gasteiger partial charge on any atom is -0.394 e. The summed E-state index contributed by atoms with van der Waals surface area (Å²) in [6.45, 7) is 1.35. The minimum atomic E-state index is -0.670. The number of carbonyl (C=O) groups is 2. The third kappa shape index (κ3) is 11.6. The number of nitrogens with one attached hydrogen (secondary N) is 6. The number of hydrogen-bond acceptors (Lipinski definition) is 16. The second kappa shape index (κ2) is 20.7. The van der Waals surface area contributed by atoms with Gasteiger partial charge in [-0.15, -0.1) is 0 Å². The monoisotopic (exact) mass is 810 g/mol. The molecule has 2 aliphatic heterocycles. The van der Waals surface area contributed by atoms with E-state index in [1.807, 2.05) is 60.7 Å². The zero-order valence-electron chi connectivity index (χ0n) is 32.8. The quantitative estimate of drug-likeness (QED) is 0.125. The molecule has 0 saturated carbocycles. The summed E-state index contributed by atoms with van der Waals surface area (Å²) < 4.78 is 0. The lowest BCUT2D eigenvalue weighted by atomic mass is 10.1. The van der Waals surface area contributed by atoms with Crippen LogP contribution in [0, 0.1) is 0 Å². The van der Waals surface area contributed by atoms with E-state index in [4.69, 9.17) is 0 Å². The number of carbonyl (C=O) groups excluding carboxylic acids is 2. The normalized spacial score (nSPS) is 17.2. The van der Waals surface area contributed by atoms with Crippen molar-refractivity contribution in [3.8, 4) is 22.8 Å². The van der Waals surface area contributed by atoms with Crippen molar-refractivity contribution in [2.45, 2.75) is 50.9 Å². The molecule has 2 aromatic carbocycles. The first-order valence-electron chi connectivity index (χ1n) is 19.6. The first-order valence-corrected chi connectivity index (χ1v) is 19.6. The Morgan fingerprint density at radius 2 is 1.03 bits per heavy atom. The number of aryl methyl sites for hydroxylation is 2. The number of aliphatic hydroxyl groups is 2. The van der Waals surface area contributed by atoms with E-state index < -0.39 is 12.1 Å². The number of anilines is 4. The van der Waals surface area contributed by atoms with Crippen LogP contribution in [0.2, 0.25) is 0 Å². The van der Waals surface area contributed by atoms with Crippen LogP contribution in [0.1, 0.15) is 35.1 Å². The highest BCUT2D eigenvalue weighted by Gasteiger charge is 2.18. The number of amides is 2. The Balaban J connectivity index is 0.000000181. The molecule has 6 heterocycles. The summed E-state index contributed by atoms with van der Waals surface area (Å²) in [6.07, 6.45) is 13.0. The fraction of sp³-hybridized carbons (Fsp3) is 0.286. The zero-order valence-corrected chi connectivity index (χ0v) is 32.8. The van der Waals surface area contributed by atoms with Gasteiger partial charge in [0, 0.05) is 73.5 Å².